The second kappa shape index (κ2) is 4.84. The van der Waals surface area contributed by atoms with Crippen molar-refractivity contribution in [2.45, 2.75) is 19.9 Å². The second-order valence-electron chi connectivity index (χ2n) is 4.99. The molecule has 2 aromatic rings. The van der Waals surface area contributed by atoms with Crippen LogP contribution in [0.4, 0.5) is 0 Å². The molecule has 2 atom stereocenters. The van der Waals surface area contributed by atoms with Crippen molar-refractivity contribution < 1.29 is 4.79 Å². The first-order valence-electron chi connectivity index (χ1n) is 6.45. The van der Waals surface area contributed by atoms with Gasteiger partial charge in [-0.2, -0.15) is 0 Å². The molecule has 1 amide bonds. The number of carbonyl (C=O) groups excluding carboxylic acids is 1. The standard InChI is InChI=1S/C14H16N4O/c1-10-7-12(10)14(19)17-8-11-3-2-4-16-13(11)18-6-5-15-9-18/h2-6,9-10,12H,7-8H2,1H3,(H,17,19). The van der Waals surface area contributed by atoms with Gasteiger partial charge in [-0.15, -0.1) is 0 Å². The fourth-order valence-corrected chi connectivity index (χ4v) is 2.19. The summed E-state index contributed by atoms with van der Waals surface area (Å²) in [7, 11) is 0. The smallest absolute Gasteiger partial charge is 0.223 e. The molecule has 2 unspecified atom stereocenters. The van der Waals surface area contributed by atoms with Crippen LogP contribution in [0.25, 0.3) is 5.82 Å². The zero-order valence-corrected chi connectivity index (χ0v) is 10.8. The van der Waals surface area contributed by atoms with Gasteiger partial charge in [0.05, 0.1) is 0 Å². The molecule has 0 aromatic carbocycles. The number of imidazole rings is 1. The van der Waals surface area contributed by atoms with Gasteiger partial charge < -0.3 is 5.32 Å². The third-order valence-electron chi connectivity index (χ3n) is 3.52. The van der Waals surface area contributed by atoms with Crippen molar-refractivity contribution >= 4 is 5.91 Å². The first kappa shape index (κ1) is 11.9. The number of amides is 1. The first-order chi connectivity index (χ1) is 9.25. The zero-order valence-electron chi connectivity index (χ0n) is 10.8. The number of aromatic nitrogens is 3. The Morgan fingerprint density at radius 3 is 3.05 bits per heavy atom. The van der Waals surface area contributed by atoms with E-state index in [9.17, 15) is 4.79 Å². The van der Waals surface area contributed by atoms with Crippen LogP contribution in [0.1, 0.15) is 18.9 Å². The summed E-state index contributed by atoms with van der Waals surface area (Å²) in [6.07, 6.45) is 8.01. The molecule has 5 heteroatoms. The first-order valence-corrected chi connectivity index (χ1v) is 6.45. The number of pyridine rings is 1. The van der Waals surface area contributed by atoms with Crippen LogP contribution in [0.3, 0.4) is 0 Å². The summed E-state index contributed by atoms with van der Waals surface area (Å²) in [5.41, 5.74) is 0.988. The molecule has 1 aliphatic carbocycles. The minimum atomic E-state index is 0.146. The van der Waals surface area contributed by atoms with Crippen LogP contribution in [0.5, 0.6) is 0 Å². The molecule has 1 N–H and O–H groups in total. The van der Waals surface area contributed by atoms with E-state index in [-0.39, 0.29) is 11.8 Å². The number of hydrogen-bond acceptors (Lipinski definition) is 3. The van der Waals surface area contributed by atoms with Gasteiger partial charge in [-0.25, -0.2) is 9.97 Å². The van der Waals surface area contributed by atoms with Gasteiger partial charge in [0.15, 0.2) is 0 Å². The quantitative estimate of drug-likeness (QED) is 0.902. The lowest BCUT2D eigenvalue weighted by atomic mass is 10.2. The summed E-state index contributed by atoms with van der Waals surface area (Å²) in [6.45, 7) is 2.61. The highest BCUT2D eigenvalue weighted by atomic mass is 16.2. The Labute approximate surface area is 111 Å². The Bertz CT molecular complexity index is 579. The molecular weight excluding hydrogens is 240 g/mol. The molecule has 98 valence electrons. The van der Waals surface area contributed by atoms with E-state index in [0.717, 1.165) is 17.8 Å². The van der Waals surface area contributed by atoms with Gasteiger partial charge in [0.2, 0.25) is 5.91 Å². The van der Waals surface area contributed by atoms with Crippen LogP contribution < -0.4 is 5.32 Å². The molecule has 3 rings (SSSR count). The van der Waals surface area contributed by atoms with Gasteiger partial charge in [-0.05, 0) is 18.4 Å². The van der Waals surface area contributed by atoms with Gasteiger partial charge in [-0.1, -0.05) is 13.0 Å². The van der Waals surface area contributed by atoms with Crippen molar-refractivity contribution in [3.8, 4) is 5.82 Å². The van der Waals surface area contributed by atoms with Crippen LogP contribution in [0.15, 0.2) is 37.1 Å². The summed E-state index contributed by atoms with van der Waals surface area (Å²) in [4.78, 5) is 20.2. The van der Waals surface area contributed by atoms with E-state index in [1.807, 2.05) is 22.9 Å². The molecule has 2 aromatic heterocycles. The number of nitrogens with one attached hydrogen (secondary N) is 1. The molecule has 0 bridgehead atoms. The highest BCUT2D eigenvalue weighted by Crippen LogP contribution is 2.37. The summed E-state index contributed by atoms with van der Waals surface area (Å²) in [6, 6.07) is 3.85. The lowest BCUT2D eigenvalue weighted by molar-refractivity contribution is -0.122. The maximum absolute atomic E-state index is 11.8. The topological polar surface area (TPSA) is 59.8 Å². The van der Waals surface area contributed by atoms with Gasteiger partial charge in [-0.3, -0.25) is 9.36 Å². The van der Waals surface area contributed by atoms with Crippen LogP contribution in [-0.4, -0.2) is 20.4 Å². The van der Waals surface area contributed by atoms with Crippen LogP contribution in [-0.2, 0) is 11.3 Å². The molecule has 19 heavy (non-hydrogen) atoms. The van der Waals surface area contributed by atoms with Crippen LogP contribution in [0.2, 0.25) is 0 Å². The Hall–Kier alpha value is -2.17. The molecule has 1 fully saturated rings. The Morgan fingerprint density at radius 1 is 1.53 bits per heavy atom. The van der Waals surface area contributed by atoms with E-state index in [4.69, 9.17) is 0 Å². The molecule has 2 heterocycles. The predicted molar refractivity (Wildman–Crippen MR) is 70.5 cm³/mol. The number of hydrogen-bond donors (Lipinski definition) is 1. The van der Waals surface area contributed by atoms with Crippen molar-refractivity contribution in [3.63, 3.8) is 0 Å². The van der Waals surface area contributed by atoms with E-state index >= 15 is 0 Å². The fraction of sp³-hybridized carbons (Fsp3) is 0.357. The summed E-state index contributed by atoms with van der Waals surface area (Å²) < 4.78 is 1.85. The third-order valence-corrected chi connectivity index (χ3v) is 3.52. The van der Waals surface area contributed by atoms with Gasteiger partial charge in [0.1, 0.15) is 12.1 Å². The highest BCUT2D eigenvalue weighted by Gasteiger charge is 2.38. The van der Waals surface area contributed by atoms with E-state index in [1.54, 1.807) is 18.7 Å². The Balaban J connectivity index is 1.72. The lowest BCUT2D eigenvalue weighted by Crippen LogP contribution is -2.25. The van der Waals surface area contributed by atoms with Crippen molar-refractivity contribution in [2.75, 3.05) is 0 Å². The number of carbonyl (C=O) groups is 1. The van der Waals surface area contributed by atoms with Gasteiger partial charge in [0, 0.05) is 36.6 Å². The maximum atomic E-state index is 11.8. The molecule has 0 radical (unpaired) electrons. The third kappa shape index (κ3) is 2.50. The summed E-state index contributed by atoms with van der Waals surface area (Å²) in [5, 5.41) is 2.98. The van der Waals surface area contributed by atoms with E-state index in [0.29, 0.717) is 12.5 Å². The fourth-order valence-electron chi connectivity index (χ4n) is 2.19. The zero-order chi connectivity index (χ0) is 13.2. The Kier molecular flexibility index (Phi) is 3.03. The van der Waals surface area contributed by atoms with Crippen molar-refractivity contribution in [1.82, 2.24) is 19.9 Å². The minimum absolute atomic E-state index is 0.146. The number of nitrogens with zero attached hydrogens (tertiary/aromatic N) is 3. The average Bonchev–Trinajstić information content (AvgIpc) is 2.94. The molecule has 1 aliphatic rings. The molecule has 0 spiro atoms. The largest absolute Gasteiger partial charge is 0.352 e. The van der Waals surface area contributed by atoms with E-state index in [1.165, 1.54) is 0 Å². The SMILES string of the molecule is CC1CC1C(=O)NCc1cccnc1-n1ccnc1. The maximum Gasteiger partial charge on any atom is 0.223 e. The summed E-state index contributed by atoms with van der Waals surface area (Å²) >= 11 is 0. The number of rotatable bonds is 4. The average molecular weight is 256 g/mol. The Morgan fingerprint density at radius 2 is 2.37 bits per heavy atom. The van der Waals surface area contributed by atoms with E-state index in [2.05, 4.69) is 22.2 Å². The molecule has 5 nitrogen and oxygen atoms in total. The molecule has 0 saturated heterocycles. The normalized spacial score (nSPS) is 21.1. The van der Waals surface area contributed by atoms with Crippen molar-refractivity contribution in [1.29, 1.82) is 0 Å². The molecule has 1 saturated carbocycles. The van der Waals surface area contributed by atoms with E-state index < -0.39 is 0 Å². The second-order valence-corrected chi connectivity index (χ2v) is 4.99. The summed E-state index contributed by atoms with van der Waals surface area (Å²) in [5.74, 6) is 1.69. The molecule has 0 aliphatic heterocycles. The highest BCUT2D eigenvalue weighted by molar-refractivity contribution is 5.81. The van der Waals surface area contributed by atoms with Gasteiger partial charge >= 0.3 is 0 Å². The lowest BCUT2D eigenvalue weighted by Gasteiger charge is -2.09. The van der Waals surface area contributed by atoms with Crippen molar-refractivity contribution in [3.05, 3.63) is 42.6 Å². The van der Waals surface area contributed by atoms with Gasteiger partial charge in [0.25, 0.3) is 0 Å². The monoisotopic (exact) mass is 256 g/mol. The molecular formula is C14H16N4O. The predicted octanol–water partition coefficient (Wildman–Crippen LogP) is 1.54. The van der Waals surface area contributed by atoms with Crippen LogP contribution >= 0.6 is 0 Å². The minimum Gasteiger partial charge on any atom is -0.352 e. The van der Waals surface area contributed by atoms with Crippen molar-refractivity contribution in [2.24, 2.45) is 11.8 Å². The van der Waals surface area contributed by atoms with Crippen LogP contribution in [0, 0.1) is 11.8 Å².